The number of rotatable bonds is 16. The second kappa shape index (κ2) is 16.0. The lowest BCUT2D eigenvalue weighted by Gasteiger charge is -2.27. The topological polar surface area (TPSA) is 148 Å². The van der Waals surface area contributed by atoms with E-state index < -0.39 is 53.8 Å². The molecule has 208 valence electrons. The summed E-state index contributed by atoms with van der Waals surface area (Å²) in [5.74, 6) is -3.84. The molecular formula is C27H42FN3O6. The maximum absolute atomic E-state index is 13.7. The number of nitrogens with one attached hydrogen (secondary N) is 2. The number of carbonyl (C=O) groups excluding carboxylic acids is 3. The zero-order valence-corrected chi connectivity index (χ0v) is 22.5. The number of ether oxygens (including phenoxy) is 1. The van der Waals surface area contributed by atoms with E-state index in [1.165, 1.54) is 25.1 Å². The Balaban J connectivity index is 3.07. The Bertz CT molecular complexity index is 912. The molecule has 9 nitrogen and oxygen atoms in total. The van der Waals surface area contributed by atoms with Crippen LogP contribution in [-0.4, -0.2) is 53.1 Å². The highest BCUT2D eigenvalue weighted by Crippen LogP contribution is 2.20. The third-order valence-corrected chi connectivity index (χ3v) is 6.54. The molecule has 0 saturated carbocycles. The molecule has 0 heterocycles. The third-order valence-electron chi connectivity index (χ3n) is 6.54. The molecule has 0 aromatic heterocycles. The van der Waals surface area contributed by atoms with E-state index in [4.69, 9.17) is 15.6 Å². The summed E-state index contributed by atoms with van der Waals surface area (Å²) in [6.07, 6.45) is 2.21. The number of carbonyl (C=O) groups is 4. The van der Waals surface area contributed by atoms with Crippen molar-refractivity contribution in [3.05, 3.63) is 35.6 Å². The van der Waals surface area contributed by atoms with Crippen molar-refractivity contribution in [2.24, 2.45) is 17.6 Å². The van der Waals surface area contributed by atoms with Gasteiger partial charge >= 0.3 is 11.9 Å². The number of amides is 2. The van der Waals surface area contributed by atoms with Crippen molar-refractivity contribution in [1.82, 2.24) is 10.6 Å². The van der Waals surface area contributed by atoms with Crippen molar-refractivity contribution in [2.45, 2.75) is 97.4 Å². The van der Waals surface area contributed by atoms with Gasteiger partial charge in [-0.05, 0) is 42.9 Å². The minimum Gasteiger partial charge on any atom is -0.480 e. The Morgan fingerprint density at radius 3 is 2.32 bits per heavy atom. The first-order valence-corrected chi connectivity index (χ1v) is 12.9. The highest BCUT2D eigenvalue weighted by molar-refractivity contribution is 5.90. The molecule has 1 rings (SSSR count). The number of nitrogens with two attached hydrogens (primary N) is 1. The van der Waals surface area contributed by atoms with E-state index >= 15 is 0 Å². The quantitative estimate of drug-likeness (QED) is 0.244. The van der Waals surface area contributed by atoms with Gasteiger partial charge in [-0.25, -0.2) is 4.39 Å². The summed E-state index contributed by atoms with van der Waals surface area (Å²) in [7, 11) is 0. The first-order valence-electron chi connectivity index (χ1n) is 12.9. The molecule has 0 radical (unpaired) electrons. The highest BCUT2D eigenvalue weighted by Gasteiger charge is 2.31. The lowest BCUT2D eigenvalue weighted by molar-refractivity contribution is -0.156. The van der Waals surface area contributed by atoms with E-state index in [9.17, 15) is 23.6 Å². The SMILES string of the molecule is CCCC[C@H](C)[C@H](CC(=O)N[C@@H](Cc1cccc(F)c1)C(=O)N[C@@H](C)C(=O)O)OC(=O)[C@H](N)[C@@H](C)CC. The van der Waals surface area contributed by atoms with E-state index in [-0.39, 0.29) is 24.7 Å². The zero-order chi connectivity index (χ0) is 28.1. The van der Waals surface area contributed by atoms with Crippen LogP contribution in [0.4, 0.5) is 4.39 Å². The largest absolute Gasteiger partial charge is 0.480 e. The summed E-state index contributed by atoms with van der Waals surface area (Å²) in [4.78, 5) is 49.8. The van der Waals surface area contributed by atoms with Crippen LogP contribution in [0, 0.1) is 17.7 Å². The van der Waals surface area contributed by atoms with Gasteiger partial charge in [-0.15, -0.1) is 0 Å². The van der Waals surface area contributed by atoms with Crippen LogP contribution in [0.5, 0.6) is 0 Å². The van der Waals surface area contributed by atoms with E-state index in [2.05, 4.69) is 10.6 Å². The fourth-order valence-electron chi connectivity index (χ4n) is 3.71. The lowest BCUT2D eigenvalue weighted by atomic mass is 9.94. The summed E-state index contributed by atoms with van der Waals surface area (Å²) >= 11 is 0. The maximum Gasteiger partial charge on any atom is 0.325 e. The number of benzene rings is 1. The van der Waals surface area contributed by atoms with Crippen LogP contribution in [0.2, 0.25) is 0 Å². The van der Waals surface area contributed by atoms with Crippen LogP contribution in [0.15, 0.2) is 24.3 Å². The van der Waals surface area contributed by atoms with Gasteiger partial charge < -0.3 is 26.2 Å². The highest BCUT2D eigenvalue weighted by atomic mass is 19.1. The summed E-state index contributed by atoms with van der Waals surface area (Å²) in [6, 6.07) is 2.39. The summed E-state index contributed by atoms with van der Waals surface area (Å²) in [5, 5.41) is 14.1. The molecule has 10 heteroatoms. The number of carboxylic acids is 1. The molecule has 0 spiro atoms. The van der Waals surface area contributed by atoms with Crippen LogP contribution in [0.3, 0.4) is 0 Å². The van der Waals surface area contributed by atoms with E-state index in [0.717, 1.165) is 19.3 Å². The first kappa shape index (κ1) is 32.0. The average Bonchev–Trinajstić information content (AvgIpc) is 2.85. The Labute approximate surface area is 218 Å². The Morgan fingerprint density at radius 2 is 1.76 bits per heavy atom. The molecule has 0 fully saturated rings. The maximum atomic E-state index is 13.7. The summed E-state index contributed by atoms with van der Waals surface area (Å²) < 4.78 is 19.4. The number of halogens is 1. The van der Waals surface area contributed by atoms with Gasteiger partial charge in [-0.2, -0.15) is 0 Å². The standard InChI is InChI=1S/C27H42FN3O6/c1-6-8-10-17(4)22(37-27(36)24(29)16(3)7-2)15-23(32)31-21(25(33)30-18(5)26(34)35)14-19-11-9-12-20(28)13-19/h9,11-13,16-18,21-22,24H,6-8,10,14-15,29H2,1-5H3,(H,30,33)(H,31,32)(H,34,35)/t16-,17-,18-,21-,22-,24+/m0/s1. The van der Waals surface area contributed by atoms with Gasteiger partial charge in [0.2, 0.25) is 11.8 Å². The van der Waals surface area contributed by atoms with Crippen LogP contribution < -0.4 is 16.4 Å². The molecule has 2 amide bonds. The Kier molecular flexibility index (Phi) is 13.8. The van der Waals surface area contributed by atoms with Crippen molar-refractivity contribution in [3.8, 4) is 0 Å². The van der Waals surface area contributed by atoms with Crippen molar-refractivity contribution in [1.29, 1.82) is 0 Å². The van der Waals surface area contributed by atoms with E-state index in [0.29, 0.717) is 12.0 Å². The molecular weight excluding hydrogens is 481 g/mol. The van der Waals surface area contributed by atoms with Gasteiger partial charge in [0.15, 0.2) is 0 Å². The van der Waals surface area contributed by atoms with Crippen molar-refractivity contribution in [2.75, 3.05) is 0 Å². The molecule has 0 aliphatic heterocycles. The molecule has 1 aromatic carbocycles. The van der Waals surface area contributed by atoms with Crippen LogP contribution in [0.25, 0.3) is 0 Å². The summed E-state index contributed by atoms with van der Waals surface area (Å²) in [5.41, 5.74) is 6.48. The number of hydrogen-bond acceptors (Lipinski definition) is 6. The van der Waals surface area contributed by atoms with Gasteiger partial charge in [-0.3, -0.25) is 19.2 Å². The van der Waals surface area contributed by atoms with Gasteiger partial charge in [0.1, 0.15) is 30.0 Å². The fraction of sp³-hybridized carbons (Fsp3) is 0.630. The molecule has 0 bridgehead atoms. The molecule has 37 heavy (non-hydrogen) atoms. The molecule has 1 aromatic rings. The van der Waals surface area contributed by atoms with E-state index in [1.807, 2.05) is 27.7 Å². The fourth-order valence-corrected chi connectivity index (χ4v) is 3.71. The molecule has 6 atom stereocenters. The second-order valence-corrected chi connectivity index (χ2v) is 9.73. The number of hydrogen-bond donors (Lipinski definition) is 4. The predicted octanol–water partition coefficient (Wildman–Crippen LogP) is 2.94. The zero-order valence-electron chi connectivity index (χ0n) is 22.5. The van der Waals surface area contributed by atoms with Crippen LogP contribution in [0.1, 0.15) is 72.3 Å². The molecule has 0 unspecified atom stereocenters. The second-order valence-electron chi connectivity index (χ2n) is 9.73. The van der Waals surface area contributed by atoms with Crippen molar-refractivity contribution in [3.63, 3.8) is 0 Å². The summed E-state index contributed by atoms with van der Waals surface area (Å²) in [6.45, 7) is 8.99. The van der Waals surface area contributed by atoms with Crippen LogP contribution >= 0.6 is 0 Å². The normalized spacial score (nSPS) is 16.0. The van der Waals surface area contributed by atoms with E-state index in [1.54, 1.807) is 6.07 Å². The number of esters is 1. The molecule has 0 aliphatic rings. The molecule has 5 N–H and O–H groups in total. The number of carboxylic acid groups (broad SMARTS) is 1. The Morgan fingerprint density at radius 1 is 1.08 bits per heavy atom. The van der Waals surface area contributed by atoms with Crippen molar-refractivity contribution < 1.29 is 33.4 Å². The first-order chi connectivity index (χ1) is 17.4. The monoisotopic (exact) mass is 523 g/mol. The number of unbranched alkanes of at least 4 members (excludes halogenated alkanes) is 1. The molecule has 0 aliphatic carbocycles. The van der Waals surface area contributed by atoms with Gasteiger partial charge in [0, 0.05) is 6.42 Å². The van der Waals surface area contributed by atoms with Gasteiger partial charge in [0.05, 0.1) is 6.42 Å². The minimum absolute atomic E-state index is 0.0591. The smallest absolute Gasteiger partial charge is 0.325 e. The molecule has 0 saturated heterocycles. The van der Waals surface area contributed by atoms with Gasteiger partial charge in [-0.1, -0.05) is 59.1 Å². The predicted molar refractivity (Wildman–Crippen MR) is 138 cm³/mol. The van der Waals surface area contributed by atoms with Crippen LogP contribution in [-0.2, 0) is 30.3 Å². The third kappa shape index (κ3) is 11.3. The van der Waals surface area contributed by atoms with Gasteiger partial charge in [0.25, 0.3) is 0 Å². The average molecular weight is 524 g/mol. The lowest BCUT2D eigenvalue weighted by Crippen LogP contribution is -2.52. The number of aliphatic carboxylic acids is 1. The Hall–Kier alpha value is -3.01. The minimum atomic E-state index is -1.24. The van der Waals surface area contributed by atoms with Crippen molar-refractivity contribution >= 4 is 23.8 Å².